The molecule has 0 spiro atoms. The van der Waals surface area contributed by atoms with Crippen molar-refractivity contribution in [3.8, 4) is 0 Å². The number of hydrogen-bond acceptors (Lipinski definition) is 6. The lowest BCUT2D eigenvalue weighted by atomic mass is 10.0. The standard InChI is InChI=1S/C14H20N6/c1-9(2)12-13(18-8-19-14(12)20-15)17-7-11-5-4-10(3)16-6-11/h4-6,8-9H,7,15H2,1-3H3,(H2,17,18,19,20). The van der Waals surface area contributed by atoms with Gasteiger partial charge in [0.1, 0.15) is 18.0 Å². The Bertz CT molecular complexity index is 564. The molecule has 0 fully saturated rings. The van der Waals surface area contributed by atoms with Crippen LogP contribution in [0.4, 0.5) is 11.6 Å². The average molecular weight is 272 g/mol. The smallest absolute Gasteiger partial charge is 0.148 e. The van der Waals surface area contributed by atoms with Gasteiger partial charge in [-0.3, -0.25) is 4.98 Å². The average Bonchev–Trinajstić information content (AvgIpc) is 2.46. The number of hydrogen-bond donors (Lipinski definition) is 3. The minimum atomic E-state index is 0.265. The Kier molecular flexibility index (Phi) is 4.47. The van der Waals surface area contributed by atoms with Gasteiger partial charge in [-0.2, -0.15) is 0 Å². The van der Waals surface area contributed by atoms with Crippen LogP contribution in [-0.2, 0) is 6.54 Å². The molecule has 0 aliphatic heterocycles. The summed E-state index contributed by atoms with van der Waals surface area (Å²) in [5, 5.41) is 3.32. The van der Waals surface area contributed by atoms with Gasteiger partial charge in [-0.25, -0.2) is 15.8 Å². The zero-order valence-electron chi connectivity index (χ0n) is 12.0. The normalized spacial score (nSPS) is 10.7. The molecule has 20 heavy (non-hydrogen) atoms. The molecule has 2 heterocycles. The molecule has 0 aliphatic rings. The van der Waals surface area contributed by atoms with Crippen LogP contribution in [0.1, 0.15) is 36.6 Å². The summed E-state index contributed by atoms with van der Waals surface area (Å²) >= 11 is 0. The summed E-state index contributed by atoms with van der Waals surface area (Å²) in [6.45, 7) is 6.79. The highest BCUT2D eigenvalue weighted by atomic mass is 15.3. The highest BCUT2D eigenvalue weighted by Gasteiger charge is 2.14. The maximum Gasteiger partial charge on any atom is 0.148 e. The molecule has 2 aromatic heterocycles. The van der Waals surface area contributed by atoms with E-state index in [0.717, 1.165) is 22.6 Å². The van der Waals surface area contributed by atoms with Gasteiger partial charge >= 0.3 is 0 Å². The van der Waals surface area contributed by atoms with Gasteiger partial charge in [0.05, 0.1) is 0 Å². The number of hydrazine groups is 1. The van der Waals surface area contributed by atoms with E-state index < -0.39 is 0 Å². The van der Waals surface area contributed by atoms with Crippen molar-refractivity contribution in [3.63, 3.8) is 0 Å². The zero-order valence-corrected chi connectivity index (χ0v) is 12.0. The number of nitrogens with two attached hydrogens (primary N) is 1. The number of aromatic nitrogens is 3. The Morgan fingerprint density at radius 3 is 2.50 bits per heavy atom. The van der Waals surface area contributed by atoms with Gasteiger partial charge in [0.25, 0.3) is 0 Å². The summed E-state index contributed by atoms with van der Waals surface area (Å²) in [7, 11) is 0. The number of aryl methyl sites for hydroxylation is 1. The van der Waals surface area contributed by atoms with Crippen molar-refractivity contribution in [1.82, 2.24) is 15.0 Å². The lowest BCUT2D eigenvalue weighted by Gasteiger charge is -2.16. The Hall–Kier alpha value is -2.21. The van der Waals surface area contributed by atoms with Crippen LogP contribution in [-0.4, -0.2) is 15.0 Å². The molecule has 0 aromatic carbocycles. The molecule has 2 rings (SSSR count). The monoisotopic (exact) mass is 272 g/mol. The molecule has 0 saturated heterocycles. The Balaban J connectivity index is 2.18. The van der Waals surface area contributed by atoms with Gasteiger partial charge in [-0.1, -0.05) is 19.9 Å². The fourth-order valence-corrected chi connectivity index (χ4v) is 1.99. The van der Waals surface area contributed by atoms with E-state index in [9.17, 15) is 0 Å². The van der Waals surface area contributed by atoms with Crippen LogP contribution >= 0.6 is 0 Å². The largest absolute Gasteiger partial charge is 0.366 e. The van der Waals surface area contributed by atoms with Crippen LogP contribution in [0.15, 0.2) is 24.7 Å². The van der Waals surface area contributed by atoms with Crippen molar-refractivity contribution in [1.29, 1.82) is 0 Å². The van der Waals surface area contributed by atoms with Gasteiger partial charge < -0.3 is 10.7 Å². The van der Waals surface area contributed by atoms with E-state index in [4.69, 9.17) is 5.84 Å². The third-order valence-corrected chi connectivity index (χ3v) is 3.03. The first kappa shape index (κ1) is 14.2. The van der Waals surface area contributed by atoms with Crippen LogP contribution < -0.4 is 16.6 Å². The Morgan fingerprint density at radius 1 is 1.15 bits per heavy atom. The van der Waals surface area contributed by atoms with Gasteiger partial charge in [0.15, 0.2) is 0 Å². The fraction of sp³-hybridized carbons (Fsp3) is 0.357. The summed E-state index contributed by atoms with van der Waals surface area (Å²) in [5.74, 6) is 7.22. The maximum absolute atomic E-state index is 5.50. The van der Waals surface area contributed by atoms with Crippen LogP contribution in [0.2, 0.25) is 0 Å². The summed E-state index contributed by atoms with van der Waals surface area (Å²) in [5.41, 5.74) is 5.71. The second kappa shape index (κ2) is 6.29. The molecule has 6 heteroatoms. The summed E-state index contributed by atoms with van der Waals surface area (Å²) in [6.07, 6.45) is 3.36. The molecule has 0 aliphatic carbocycles. The first-order valence-electron chi connectivity index (χ1n) is 6.58. The van der Waals surface area contributed by atoms with Crippen molar-refractivity contribution < 1.29 is 0 Å². The van der Waals surface area contributed by atoms with Gasteiger partial charge in [-0.15, -0.1) is 0 Å². The molecule has 0 bridgehead atoms. The molecule has 0 amide bonds. The van der Waals surface area contributed by atoms with Crippen molar-refractivity contribution in [2.24, 2.45) is 5.84 Å². The molecular weight excluding hydrogens is 252 g/mol. The van der Waals surface area contributed by atoms with Gasteiger partial charge in [-0.05, 0) is 24.5 Å². The minimum absolute atomic E-state index is 0.265. The highest BCUT2D eigenvalue weighted by molar-refractivity contribution is 5.58. The number of pyridine rings is 1. The molecule has 0 unspecified atom stereocenters. The van der Waals surface area contributed by atoms with Gasteiger partial charge in [0, 0.05) is 24.0 Å². The number of anilines is 2. The summed E-state index contributed by atoms with van der Waals surface area (Å²) in [6, 6.07) is 4.04. The third kappa shape index (κ3) is 3.21. The topological polar surface area (TPSA) is 88.8 Å². The molecular formula is C14H20N6. The fourth-order valence-electron chi connectivity index (χ4n) is 1.99. The number of nitrogens with zero attached hydrogens (tertiary/aromatic N) is 3. The molecule has 4 N–H and O–H groups in total. The molecule has 6 nitrogen and oxygen atoms in total. The summed E-state index contributed by atoms with van der Waals surface area (Å²) in [4.78, 5) is 12.7. The van der Waals surface area contributed by atoms with E-state index in [1.165, 1.54) is 6.33 Å². The van der Waals surface area contributed by atoms with E-state index in [1.807, 2.05) is 25.3 Å². The van der Waals surface area contributed by atoms with Crippen LogP contribution in [0.5, 0.6) is 0 Å². The lowest BCUT2D eigenvalue weighted by molar-refractivity contribution is 0.844. The van der Waals surface area contributed by atoms with Crippen LogP contribution in [0.25, 0.3) is 0 Å². The van der Waals surface area contributed by atoms with E-state index in [0.29, 0.717) is 12.4 Å². The maximum atomic E-state index is 5.50. The molecule has 0 saturated carbocycles. The second-order valence-corrected chi connectivity index (χ2v) is 4.94. The first-order chi connectivity index (χ1) is 9.61. The predicted molar refractivity (Wildman–Crippen MR) is 80.2 cm³/mol. The molecule has 2 aromatic rings. The molecule has 0 radical (unpaired) electrons. The van der Waals surface area contributed by atoms with Crippen LogP contribution in [0.3, 0.4) is 0 Å². The number of nitrogen functional groups attached to an aromatic ring is 1. The van der Waals surface area contributed by atoms with E-state index >= 15 is 0 Å². The van der Waals surface area contributed by atoms with E-state index in [-0.39, 0.29) is 5.92 Å². The van der Waals surface area contributed by atoms with E-state index in [2.05, 4.69) is 39.5 Å². The third-order valence-electron chi connectivity index (χ3n) is 3.03. The SMILES string of the molecule is Cc1ccc(CNc2ncnc(NN)c2C(C)C)cn1. The Labute approximate surface area is 118 Å². The Morgan fingerprint density at radius 2 is 1.90 bits per heavy atom. The van der Waals surface area contributed by atoms with Crippen molar-refractivity contribution in [2.75, 3.05) is 10.7 Å². The zero-order chi connectivity index (χ0) is 14.5. The highest BCUT2D eigenvalue weighted by Crippen LogP contribution is 2.27. The summed E-state index contributed by atoms with van der Waals surface area (Å²) < 4.78 is 0. The van der Waals surface area contributed by atoms with Crippen molar-refractivity contribution >= 4 is 11.6 Å². The van der Waals surface area contributed by atoms with Crippen molar-refractivity contribution in [3.05, 3.63) is 41.5 Å². The first-order valence-corrected chi connectivity index (χ1v) is 6.58. The molecule has 0 atom stereocenters. The minimum Gasteiger partial charge on any atom is -0.366 e. The number of nitrogens with one attached hydrogen (secondary N) is 2. The van der Waals surface area contributed by atoms with Crippen molar-refractivity contribution in [2.45, 2.75) is 33.2 Å². The second-order valence-electron chi connectivity index (χ2n) is 4.94. The van der Waals surface area contributed by atoms with Crippen LogP contribution in [0, 0.1) is 6.92 Å². The predicted octanol–water partition coefficient (Wildman–Crippen LogP) is 2.20. The number of rotatable bonds is 5. The molecule has 106 valence electrons. The van der Waals surface area contributed by atoms with E-state index in [1.54, 1.807) is 0 Å². The van der Waals surface area contributed by atoms with Gasteiger partial charge in [0.2, 0.25) is 0 Å². The lowest BCUT2D eigenvalue weighted by Crippen LogP contribution is -2.15. The quantitative estimate of drug-likeness (QED) is 0.571.